The van der Waals surface area contributed by atoms with E-state index in [1.54, 1.807) is 14.1 Å². The molecule has 0 atom stereocenters. The summed E-state index contributed by atoms with van der Waals surface area (Å²) in [5.41, 5.74) is 11.6. The number of aliphatic imine (C=N–C) groups is 4. The van der Waals surface area contributed by atoms with E-state index in [0.717, 1.165) is 9.80 Å². The highest BCUT2D eigenvalue weighted by Gasteiger charge is 2.16. The number of nitrogens with one attached hydrogen (secondary N) is 4. The highest BCUT2D eigenvalue weighted by Crippen LogP contribution is 1.99. The van der Waals surface area contributed by atoms with Crippen LogP contribution in [-0.4, -0.2) is 101 Å². The van der Waals surface area contributed by atoms with Crippen LogP contribution in [0.25, 0.3) is 0 Å². The van der Waals surface area contributed by atoms with Gasteiger partial charge in [0.05, 0.1) is 24.9 Å². The molecule has 0 aromatic carbocycles. The molecule has 36 heavy (non-hydrogen) atoms. The molecule has 202 valence electrons. The normalized spacial score (nSPS) is 12.3. The van der Waals surface area contributed by atoms with Crippen LogP contribution < -0.4 is 32.7 Å². The summed E-state index contributed by atoms with van der Waals surface area (Å²) in [6.45, 7) is 7.54. The fourth-order valence-corrected chi connectivity index (χ4v) is 1.93. The molecule has 0 aliphatic carbocycles. The number of rotatable bonds is 9. The van der Waals surface area contributed by atoms with E-state index >= 15 is 0 Å². The predicted octanol–water partition coefficient (Wildman–Crippen LogP) is -0.935. The highest BCUT2D eigenvalue weighted by molar-refractivity contribution is 6.01. The maximum absolute atomic E-state index is 12.1. The zero-order chi connectivity index (χ0) is 27.7. The minimum Gasteiger partial charge on any atom is -0.449 e. The molecule has 16 heteroatoms. The summed E-state index contributed by atoms with van der Waals surface area (Å²) in [6, 6.07) is 0. The quantitative estimate of drug-likeness (QED) is 0.127. The average molecular weight is 511 g/mol. The molecular formula is C20H38N12O4. The lowest BCUT2D eigenvalue weighted by atomic mass is 10.3. The summed E-state index contributed by atoms with van der Waals surface area (Å²) in [6.07, 6.45) is -0.540. The van der Waals surface area contributed by atoms with Gasteiger partial charge in [-0.3, -0.25) is 19.8 Å². The van der Waals surface area contributed by atoms with Crippen molar-refractivity contribution in [1.29, 1.82) is 0 Å². The molecule has 0 spiro atoms. The van der Waals surface area contributed by atoms with Gasteiger partial charge in [0.2, 0.25) is 23.8 Å². The van der Waals surface area contributed by atoms with Gasteiger partial charge in [0.1, 0.15) is 0 Å². The molecule has 0 saturated heterocycles. The largest absolute Gasteiger partial charge is 0.449 e. The molecule has 0 aliphatic rings. The summed E-state index contributed by atoms with van der Waals surface area (Å²) < 4.78 is 10.3. The SMILES string of the molecule is C=C(NC)NC(=NC)N=C(N)N(C)C(=O)OCCCCOC(=O)N(C)C(N)=NC(=NC)NC(=C)NC. The fourth-order valence-electron chi connectivity index (χ4n) is 1.93. The number of nitrogens with zero attached hydrogens (tertiary/aromatic N) is 6. The number of carbonyl (C=O) groups is 2. The highest BCUT2D eigenvalue weighted by atomic mass is 16.6. The van der Waals surface area contributed by atoms with Crippen molar-refractivity contribution in [2.24, 2.45) is 31.4 Å². The Balaban J connectivity index is 4.49. The molecular weight excluding hydrogens is 472 g/mol. The zero-order valence-electron chi connectivity index (χ0n) is 21.7. The number of ether oxygens (including phenoxy) is 2. The van der Waals surface area contributed by atoms with E-state index < -0.39 is 12.2 Å². The first kappa shape index (κ1) is 31.5. The Hall–Kier alpha value is -4.50. The average Bonchev–Trinajstić information content (AvgIpc) is 2.87. The molecule has 0 bridgehead atoms. The molecule has 0 aromatic heterocycles. The van der Waals surface area contributed by atoms with Crippen LogP contribution in [0.3, 0.4) is 0 Å². The van der Waals surface area contributed by atoms with Crippen molar-refractivity contribution in [3.63, 3.8) is 0 Å². The maximum Gasteiger partial charge on any atom is 0.416 e. The molecule has 0 heterocycles. The van der Waals surface area contributed by atoms with Crippen LogP contribution in [-0.2, 0) is 9.47 Å². The Morgan fingerprint density at radius 2 is 1.11 bits per heavy atom. The van der Waals surface area contributed by atoms with Crippen molar-refractivity contribution in [3.05, 3.63) is 24.8 Å². The van der Waals surface area contributed by atoms with Gasteiger partial charge in [0.15, 0.2) is 0 Å². The number of hydrogen-bond donors (Lipinski definition) is 6. The van der Waals surface area contributed by atoms with Crippen molar-refractivity contribution in [3.8, 4) is 0 Å². The number of carbonyl (C=O) groups excluding carboxylic acids is 2. The van der Waals surface area contributed by atoms with Crippen LogP contribution in [0.2, 0.25) is 0 Å². The minimum absolute atomic E-state index is 0.0777. The Morgan fingerprint density at radius 3 is 1.39 bits per heavy atom. The zero-order valence-corrected chi connectivity index (χ0v) is 21.7. The third kappa shape index (κ3) is 12.1. The molecule has 16 nitrogen and oxygen atoms in total. The van der Waals surface area contributed by atoms with Crippen LogP contribution in [0.1, 0.15) is 12.8 Å². The number of guanidine groups is 4. The lowest BCUT2D eigenvalue weighted by molar-refractivity contribution is 0.111. The monoisotopic (exact) mass is 510 g/mol. The van der Waals surface area contributed by atoms with E-state index in [1.165, 1.54) is 28.2 Å². The van der Waals surface area contributed by atoms with Gasteiger partial charge in [-0.25, -0.2) is 9.59 Å². The van der Waals surface area contributed by atoms with Crippen molar-refractivity contribution in [2.75, 3.05) is 55.5 Å². The van der Waals surface area contributed by atoms with Crippen molar-refractivity contribution in [2.45, 2.75) is 12.8 Å². The molecule has 0 aliphatic heterocycles. The molecule has 0 unspecified atom stereocenters. The Labute approximate surface area is 211 Å². The van der Waals surface area contributed by atoms with Crippen LogP contribution in [0.5, 0.6) is 0 Å². The Morgan fingerprint density at radius 1 is 0.778 bits per heavy atom. The lowest BCUT2D eigenvalue weighted by Crippen LogP contribution is -2.41. The lowest BCUT2D eigenvalue weighted by Gasteiger charge is -2.17. The number of amides is 2. The number of nitrogens with two attached hydrogens (primary N) is 2. The first-order chi connectivity index (χ1) is 17.0. The molecule has 0 aromatic rings. The van der Waals surface area contributed by atoms with E-state index in [-0.39, 0.29) is 37.1 Å². The van der Waals surface area contributed by atoms with Gasteiger partial charge in [-0.2, -0.15) is 9.98 Å². The first-order valence-electron chi connectivity index (χ1n) is 10.7. The Kier molecular flexibility index (Phi) is 14.9. The second-order valence-electron chi connectivity index (χ2n) is 6.80. The third-order valence-corrected chi connectivity index (χ3v) is 4.22. The maximum atomic E-state index is 12.1. The van der Waals surface area contributed by atoms with Gasteiger partial charge < -0.3 is 42.2 Å². The molecule has 2 amide bonds. The standard InChI is InChI=1S/C20H38N12O4/c1-13(23-3)27-17(25-5)29-15(21)31(7)19(33)35-11-9-10-12-36-20(34)32(8)16(22)30-18(26-6)28-14(2)24-4/h23-24H,1-2,9-12H2,3-8H3,(H3,21,25,27,29)(H3,22,26,28,30). The van der Waals surface area contributed by atoms with Gasteiger partial charge in [-0.05, 0) is 12.8 Å². The van der Waals surface area contributed by atoms with Crippen LogP contribution in [0.4, 0.5) is 9.59 Å². The van der Waals surface area contributed by atoms with Crippen molar-refractivity contribution >= 4 is 36.0 Å². The second kappa shape index (κ2) is 17.0. The summed E-state index contributed by atoms with van der Waals surface area (Å²) in [7, 11) is 9.16. The van der Waals surface area contributed by atoms with Crippen molar-refractivity contribution < 1.29 is 19.1 Å². The van der Waals surface area contributed by atoms with E-state index in [0.29, 0.717) is 24.5 Å². The minimum atomic E-state index is -0.706. The summed E-state index contributed by atoms with van der Waals surface area (Å²) in [4.78, 5) is 42.2. The van der Waals surface area contributed by atoms with Gasteiger partial charge >= 0.3 is 12.2 Å². The Bertz CT molecular complexity index is 825. The van der Waals surface area contributed by atoms with E-state index in [4.69, 9.17) is 20.9 Å². The third-order valence-electron chi connectivity index (χ3n) is 4.22. The van der Waals surface area contributed by atoms with Gasteiger partial charge in [0.25, 0.3) is 0 Å². The first-order valence-corrected chi connectivity index (χ1v) is 10.7. The number of unbranched alkanes of at least 4 members (excludes halogenated alkanes) is 1. The second-order valence-corrected chi connectivity index (χ2v) is 6.80. The molecule has 0 saturated carbocycles. The van der Waals surface area contributed by atoms with Crippen LogP contribution in [0, 0.1) is 0 Å². The smallest absolute Gasteiger partial charge is 0.416 e. The van der Waals surface area contributed by atoms with E-state index in [9.17, 15) is 9.59 Å². The van der Waals surface area contributed by atoms with Gasteiger partial charge in [-0.1, -0.05) is 13.2 Å². The van der Waals surface area contributed by atoms with Crippen molar-refractivity contribution in [1.82, 2.24) is 31.1 Å². The number of hydrogen-bond acceptors (Lipinski definition) is 8. The van der Waals surface area contributed by atoms with Gasteiger partial charge in [-0.15, -0.1) is 0 Å². The fraction of sp³-hybridized carbons (Fsp3) is 0.500. The molecule has 0 fully saturated rings. The predicted molar refractivity (Wildman–Crippen MR) is 140 cm³/mol. The van der Waals surface area contributed by atoms with Gasteiger partial charge in [0, 0.05) is 42.3 Å². The molecule has 0 rings (SSSR count). The van der Waals surface area contributed by atoms with E-state index in [2.05, 4.69) is 54.4 Å². The van der Waals surface area contributed by atoms with E-state index in [1.807, 2.05) is 0 Å². The van der Waals surface area contributed by atoms with Crippen LogP contribution in [0.15, 0.2) is 44.8 Å². The van der Waals surface area contributed by atoms with Crippen LogP contribution >= 0.6 is 0 Å². The molecule has 8 N–H and O–H groups in total. The summed E-state index contributed by atoms with van der Waals surface area (Å²) >= 11 is 0. The summed E-state index contributed by atoms with van der Waals surface area (Å²) in [5.74, 6) is 0.951. The topological polar surface area (TPSA) is 209 Å². The summed E-state index contributed by atoms with van der Waals surface area (Å²) in [5, 5.41) is 11.1. The molecule has 0 radical (unpaired) electrons.